The Morgan fingerprint density at radius 2 is 2.10 bits per heavy atom. The lowest BCUT2D eigenvalue weighted by atomic mass is 10.2. The number of rotatable bonds is 4. The molecule has 112 valence electrons. The summed E-state index contributed by atoms with van der Waals surface area (Å²) in [6.07, 6.45) is 0. The van der Waals surface area contributed by atoms with Crippen molar-refractivity contribution in [3.05, 3.63) is 33.4 Å². The zero-order chi connectivity index (χ0) is 15.1. The maximum Gasteiger partial charge on any atom is 0.159 e. The molecule has 0 spiro atoms. The van der Waals surface area contributed by atoms with Crippen molar-refractivity contribution in [1.29, 1.82) is 0 Å². The first-order valence-electron chi connectivity index (χ1n) is 7.13. The Labute approximate surface area is 133 Å². The summed E-state index contributed by atoms with van der Waals surface area (Å²) < 4.78 is 4.25. The number of nitrogens with zero attached hydrogens (tertiary/aromatic N) is 4. The molecule has 0 aliphatic carbocycles. The molecule has 0 bridgehead atoms. The van der Waals surface area contributed by atoms with Crippen molar-refractivity contribution in [3.63, 3.8) is 0 Å². The molecule has 3 aromatic rings. The summed E-state index contributed by atoms with van der Waals surface area (Å²) >= 11 is 7.96. The molecule has 0 fully saturated rings. The molecule has 0 aliphatic rings. The fraction of sp³-hybridized carbons (Fsp3) is 0.467. The first-order valence-corrected chi connectivity index (χ1v) is 8.48. The Bertz CT molecular complexity index is 783. The Morgan fingerprint density at radius 1 is 1.33 bits per heavy atom. The molecule has 1 unspecified atom stereocenters. The van der Waals surface area contributed by atoms with E-state index < -0.39 is 0 Å². The molecule has 3 aromatic heterocycles. The fourth-order valence-corrected chi connectivity index (χ4v) is 3.87. The molecule has 1 atom stereocenters. The summed E-state index contributed by atoms with van der Waals surface area (Å²) in [5.74, 6) is 1.32. The zero-order valence-corrected chi connectivity index (χ0v) is 14.3. The van der Waals surface area contributed by atoms with Crippen LogP contribution in [0.15, 0.2) is 12.1 Å². The molecule has 0 radical (unpaired) electrons. The van der Waals surface area contributed by atoms with Gasteiger partial charge in [0.15, 0.2) is 5.65 Å². The second-order valence-electron chi connectivity index (χ2n) is 5.23. The number of alkyl halides is 1. The van der Waals surface area contributed by atoms with E-state index in [1.165, 1.54) is 9.75 Å². The van der Waals surface area contributed by atoms with Crippen LogP contribution >= 0.6 is 22.9 Å². The minimum Gasteiger partial charge on any atom is -0.304 e. The van der Waals surface area contributed by atoms with E-state index in [4.69, 9.17) is 16.6 Å². The molecule has 6 heteroatoms. The van der Waals surface area contributed by atoms with E-state index >= 15 is 0 Å². The van der Waals surface area contributed by atoms with Gasteiger partial charge in [-0.25, -0.2) is 9.67 Å². The highest BCUT2D eigenvalue weighted by molar-refractivity contribution is 7.12. The normalized spacial score (nSPS) is 13.2. The van der Waals surface area contributed by atoms with E-state index in [1.54, 1.807) is 0 Å². The molecule has 0 amide bonds. The number of hydrogen-bond acceptors (Lipinski definition) is 3. The van der Waals surface area contributed by atoms with Crippen LogP contribution in [-0.2, 0) is 12.4 Å². The average Bonchev–Trinajstić information content (AvgIpc) is 3.13. The molecule has 0 saturated carbocycles. The van der Waals surface area contributed by atoms with Gasteiger partial charge < -0.3 is 4.57 Å². The van der Waals surface area contributed by atoms with Crippen molar-refractivity contribution in [2.75, 3.05) is 0 Å². The molecule has 0 aliphatic heterocycles. The van der Waals surface area contributed by atoms with E-state index in [9.17, 15) is 0 Å². The van der Waals surface area contributed by atoms with Gasteiger partial charge in [-0.1, -0.05) is 0 Å². The Hall–Kier alpha value is -1.33. The zero-order valence-electron chi connectivity index (χ0n) is 12.7. The van der Waals surface area contributed by atoms with Crippen LogP contribution in [0.5, 0.6) is 0 Å². The van der Waals surface area contributed by atoms with Gasteiger partial charge in [-0.05, 0) is 39.8 Å². The monoisotopic (exact) mass is 322 g/mol. The van der Waals surface area contributed by atoms with Gasteiger partial charge in [-0.3, -0.25) is 0 Å². The molecule has 21 heavy (non-hydrogen) atoms. The molecule has 3 heterocycles. The highest BCUT2D eigenvalue weighted by Gasteiger charge is 2.22. The number of aryl methyl sites for hydroxylation is 3. The number of fused-ring (bicyclic) bond motifs is 1. The quantitative estimate of drug-likeness (QED) is 0.672. The maximum atomic E-state index is 6.14. The number of hydrogen-bond donors (Lipinski definition) is 0. The third-order valence-electron chi connectivity index (χ3n) is 3.80. The minimum absolute atomic E-state index is 0.212. The molecule has 4 nitrogen and oxygen atoms in total. The smallest absolute Gasteiger partial charge is 0.159 e. The second kappa shape index (κ2) is 5.46. The minimum atomic E-state index is 0.212. The number of thiophene rings is 1. The summed E-state index contributed by atoms with van der Waals surface area (Å²) in [7, 11) is 0. The van der Waals surface area contributed by atoms with Gasteiger partial charge in [0.2, 0.25) is 0 Å². The molecule has 3 rings (SSSR count). The van der Waals surface area contributed by atoms with Crippen LogP contribution in [-0.4, -0.2) is 19.3 Å². The third-order valence-corrected chi connectivity index (χ3v) is 5.21. The van der Waals surface area contributed by atoms with Gasteiger partial charge in [0.1, 0.15) is 11.3 Å². The van der Waals surface area contributed by atoms with Crippen molar-refractivity contribution in [1.82, 2.24) is 19.3 Å². The predicted octanol–water partition coefficient (Wildman–Crippen LogP) is 4.28. The lowest BCUT2D eigenvalue weighted by Crippen LogP contribution is -2.12. The third kappa shape index (κ3) is 2.28. The molecule has 0 aromatic carbocycles. The van der Waals surface area contributed by atoms with Gasteiger partial charge in [0.05, 0.1) is 17.6 Å². The van der Waals surface area contributed by atoms with Gasteiger partial charge in [-0.15, -0.1) is 22.9 Å². The Morgan fingerprint density at radius 3 is 2.67 bits per heavy atom. The van der Waals surface area contributed by atoms with E-state index in [2.05, 4.69) is 42.6 Å². The van der Waals surface area contributed by atoms with Gasteiger partial charge >= 0.3 is 0 Å². The first kappa shape index (κ1) is 14.6. The van der Waals surface area contributed by atoms with Crippen LogP contribution in [0.4, 0.5) is 0 Å². The SMILES string of the molecule is CCn1nc(C)c2nc(CCl)n(C(C)c3ccc(C)s3)c21. The highest BCUT2D eigenvalue weighted by Crippen LogP contribution is 2.31. The van der Waals surface area contributed by atoms with E-state index in [0.29, 0.717) is 5.88 Å². The van der Waals surface area contributed by atoms with Crippen LogP contribution in [0.25, 0.3) is 11.2 Å². The van der Waals surface area contributed by atoms with E-state index in [1.807, 2.05) is 22.9 Å². The topological polar surface area (TPSA) is 35.6 Å². The molecule has 0 saturated heterocycles. The standard InChI is InChI=1S/C15H19ClN4S/c1-5-19-15-14(10(3)18-19)17-13(8-16)20(15)11(4)12-7-6-9(2)21-12/h6-7,11H,5,8H2,1-4H3. The summed E-state index contributed by atoms with van der Waals surface area (Å²) in [4.78, 5) is 7.34. The predicted molar refractivity (Wildman–Crippen MR) is 88.4 cm³/mol. The molecular formula is C15H19ClN4S. The Balaban J connectivity index is 2.24. The second-order valence-corrected chi connectivity index (χ2v) is 6.82. The first-order chi connectivity index (χ1) is 10.1. The van der Waals surface area contributed by atoms with Crippen molar-refractivity contribution < 1.29 is 0 Å². The summed E-state index contributed by atoms with van der Waals surface area (Å²) in [6.45, 7) is 9.26. The summed E-state index contributed by atoms with van der Waals surface area (Å²) in [5.41, 5.74) is 3.00. The van der Waals surface area contributed by atoms with Crippen molar-refractivity contribution in [3.8, 4) is 0 Å². The average molecular weight is 323 g/mol. The lowest BCUT2D eigenvalue weighted by Gasteiger charge is -2.16. The van der Waals surface area contributed by atoms with Crippen molar-refractivity contribution >= 4 is 34.1 Å². The van der Waals surface area contributed by atoms with Gasteiger partial charge in [0.25, 0.3) is 0 Å². The van der Waals surface area contributed by atoms with E-state index in [-0.39, 0.29) is 6.04 Å². The van der Waals surface area contributed by atoms with Gasteiger partial charge in [0, 0.05) is 16.3 Å². The number of aromatic nitrogens is 4. The lowest BCUT2D eigenvalue weighted by molar-refractivity contribution is 0.593. The van der Waals surface area contributed by atoms with Crippen molar-refractivity contribution in [2.45, 2.75) is 46.2 Å². The number of imidazole rings is 1. The maximum absolute atomic E-state index is 6.14. The van der Waals surface area contributed by atoms with E-state index in [0.717, 1.165) is 29.2 Å². The summed E-state index contributed by atoms with van der Waals surface area (Å²) in [5, 5.41) is 4.58. The van der Waals surface area contributed by atoms with Crippen LogP contribution in [0, 0.1) is 13.8 Å². The fourth-order valence-electron chi connectivity index (χ4n) is 2.76. The van der Waals surface area contributed by atoms with Crippen LogP contribution in [0.2, 0.25) is 0 Å². The summed E-state index contributed by atoms with van der Waals surface area (Å²) in [6, 6.07) is 4.56. The Kier molecular flexibility index (Phi) is 3.80. The van der Waals surface area contributed by atoms with Crippen molar-refractivity contribution in [2.24, 2.45) is 0 Å². The van der Waals surface area contributed by atoms with Gasteiger partial charge in [-0.2, -0.15) is 5.10 Å². The number of halogens is 1. The van der Waals surface area contributed by atoms with Crippen LogP contribution in [0.3, 0.4) is 0 Å². The van der Waals surface area contributed by atoms with Crippen LogP contribution in [0.1, 0.15) is 41.2 Å². The molecule has 0 N–H and O–H groups in total. The van der Waals surface area contributed by atoms with Crippen LogP contribution < -0.4 is 0 Å². The largest absolute Gasteiger partial charge is 0.304 e. The molecular weight excluding hydrogens is 304 g/mol. The highest BCUT2D eigenvalue weighted by atomic mass is 35.5.